The van der Waals surface area contributed by atoms with Gasteiger partial charge in [0.1, 0.15) is 6.07 Å². The number of anilines is 1. The summed E-state index contributed by atoms with van der Waals surface area (Å²) in [6, 6.07) is 9.03. The van der Waals surface area contributed by atoms with Crippen LogP contribution in [-0.2, 0) is 9.59 Å². The van der Waals surface area contributed by atoms with Gasteiger partial charge in [-0.3, -0.25) is 9.59 Å². The van der Waals surface area contributed by atoms with E-state index < -0.39 is 0 Å². The van der Waals surface area contributed by atoms with Gasteiger partial charge < -0.3 is 10.2 Å². The molecule has 1 saturated heterocycles. The Labute approximate surface area is 118 Å². The molecule has 2 amide bonds. The van der Waals surface area contributed by atoms with Gasteiger partial charge in [-0.05, 0) is 18.6 Å². The molecule has 0 aromatic heterocycles. The first kappa shape index (κ1) is 14.1. The van der Waals surface area contributed by atoms with Gasteiger partial charge in [0, 0.05) is 19.5 Å². The highest BCUT2D eigenvalue weighted by Crippen LogP contribution is 2.27. The van der Waals surface area contributed by atoms with Crippen LogP contribution in [0.4, 0.5) is 5.69 Å². The van der Waals surface area contributed by atoms with Crippen molar-refractivity contribution in [2.24, 2.45) is 5.92 Å². The van der Waals surface area contributed by atoms with Crippen LogP contribution in [0.5, 0.6) is 0 Å². The minimum Gasteiger partial charge on any atom is -0.356 e. The first-order valence-corrected chi connectivity index (χ1v) is 6.74. The quantitative estimate of drug-likeness (QED) is 0.900. The molecule has 1 unspecified atom stereocenters. The maximum Gasteiger partial charge on any atom is 0.227 e. The lowest BCUT2D eigenvalue weighted by molar-refractivity contribution is -0.126. The minimum absolute atomic E-state index is 0.0860. The van der Waals surface area contributed by atoms with Crippen LogP contribution in [-0.4, -0.2) is 24.9 Å². The predicted octanol–water partition coefficient (Wildman–Crippen LogP) is 1.44. The number of hydrogen-bond donors (Lipinski definition) is 1. The van der Waals surface area contributed by atoms with Crippen LogP contribution in [0.1, 0.15) is 25.3 Å². The van der Waals surface area contributed by atoms with Gasteiger partial charge in [-0.25, -0.2) is 0 Å². The van der Waals surface area contributed by atoms with Crippen molar-refractivity contribution in [3.05, 3.63) is 29.8 Å². The molecule has 0 bridgehead atoms. The van der Waals surface area contributed by atoms with E-state index in [4.69, 9.17) is 5.26 Å². The van der Waals surface area contributed by atoms with Gasteiger partial charge in [-0.1, -0.05) is 19.1 Å². The summed E-state index contributed by atoms with van der Waals surface area (Å²) in [5, 5.41) is 11.9. The van der Waals surface area contributed by atoms with Crippen LogP contribution in [0.25, 0.3) is 0 Å². The molecule has 1 N–H and O–H groups in total. The summed E-state index contributed by atoms with van der Waals surface area (Å²) >= 11 is 0. The normalized spacial score (nSPS) is 17.9. The van der Waals surface area contributed by atoms with Crippen molar-refractivity contribution in [3.63, 3.8) is 0 Å². The third-order valence-electron chi connectivity index (χ3n) is 3.36. The first-order valence-electron chi connectivity index (χ1n) is 6.74. The summed E-state index contributed by atoms with van der Waals surface area (Å²) in [5.41, 5.74) is 1.04. The Balaban J connectivity index is 2.14. The average molecular weight is 271 g/mol. The van der Waals surface area contributed by atoms with Crippen LogP contribution in [0.15, 0.2) is 24.3 Å². The van der Waals surface area contributed by atoms with Gasteiger partial charge in [0.15, 0.2) is 0 Å². The number of rotatable bonds is 4. The van der Waals surface area contributed by atoms with Crippen molar-refractivity contribution in [3.8, 4) is 6.07 Å². The minimum atomic E-state index is -0.333. The Morgan fingerprint density at radius 2 is 2.25 bits per heavy atom. The number of carbonyl (C=O) groups is 2. The summed E-state index contributed by atoms with van der Waals surface area (Å²) in [4.78, 5) is 25.5. The zero-order chi connectivity index (χ0) is 14.5. The molecule has 1 aromatic carbocycles. The van der Waals surface area contributed by atoms with Gasteiger partial charge in [0.05, 0.1) is 17.2 Å². The topological polar surface area (TPSA) is 73.2 Å². The van der Waals surface area contributed by atoms with E-state index in [2.05, 4.69) is 11.4 Å². The fourth-order valence-corrected chi connectivity index (χ4v) is 2.31. The molecule has 104 valence electrons. The molecular formula is C15H17N3O2. The molecule has 1 aromatic rings. The highest BCUT2D eigenvalue weighted by atomic mass is 16.2. The van der Waals surface area contributed by atoms with Crippen LogP contribution < -0.4 is 10.2 Å². The Bertz CT molecular complexity index is 562. The molecule has 0 radical (unpaired) electrons. The van der Waals surface area contributed by atoms with E-state index in [9.17, 15) is 9.59 Å². The largest absolute Gasteiger partial charge is 0.356 e. The van der Waals surface area contributed by atoms with Gasteiger partial charge in [0.25, 0.3) is 0 Å². The van der Waals surface area contributed by atoms with Crippen molar-refractivity contribution in [2.45, 2.75) is 19.8 Å². The number of nitrogens with one attached hydrogen (secondary N) is 1. The molecule has 1 aliphatic heterocycles. The molecule has 2 rings (SSSR count). The standard InChI is InChI=1S/C15H17N3O2/c1-2-7-17-15(20)12-8-14(19)18(10-12)13-6-4-3-5-11(13)9-16/h3-6,12H,2,7-8,10H2,1H3,(H,17,20). The second kappa shape index (κ2) is 6.20. The van der Waals surface area contributed by atoms with Gasteiger partial charge in [-0.2, -0.15) is 5.26 Å². The highest BCUT2D eigenvalue weighted by Gasteiger charge is 2.35. The van der Waals surface area contributed by atoms with Crippen LogP contribution in [0.3, 0.4) is 0 Å². The fourth-order valence-electron chi connectivity index (χ4n) is 2.31. The van der Waals surface area contributed by atoms with Crippen molar-refractivity contribution in [2.75, 3.05) is 18.0 Å². The average Bonchev–Trinajstić information content (AvgIpc) is 2.86. The summed E-state index contributed by atoms with van der Waals surface area (Å²) in [6.45, 7) is 2.95. The Morgan fingerprint density at radius 3 is 2.95 bits per heavy atom. The molecule has 0 aliphatic carbocycles. The van der Waals surface area contributed by atoms with E-state index in [0.29, 0.717) is 24.3 Å². The Morgan fingerprint density at radius 1 is 1.50 bits per heavy atom. The number of benzene rings is 1. The predicted molar refractivity (Wildman–Crippen MR) is 74.9 cm³/mol. The molecule has 1 aliphatic rings. The summed E-state index contributed by atoms with van der Waals surface area (Å²) < 4.78 is 0. The Hall–Kier alpha value is -2.35. The van der Waals surface area contributed by atoms with E-state index in [-0.39, 0.29) is 24.2 Å². The zero-order valence-corrected chi connectivity index (χ0v) is 11.4. The molecule has 0 spiro atoms. The summed E-state index contributed by atoms with van der Waals surface area (Å²) in [7, 11) is 0. The van der Waals surface area contributed by atoms with E-state index in [0.717, 1.165) is 6.42 Å². The maximum atomic E-state index is 12.1. The number of para-hydroxylation sites is 1. The number of carbonyl (C=O) groups excluding carboxylic acids is 2. The monoisotopic (exact) mass is 271 g/mol. The lowest BCUT2D eigenvalue weighted by Crippen LogP contribution is -2.33. The smallest absolute Gasteiger partial charge is 0.227 e. The van der Waals surface area contributed by atoms with Crippen LogP contribution >= 0.6 is 0 Å². The molecule has 1 fully saturated rings. The fraction of sp³-hybridized carbons (Fsp3) is 0.400. The third-order valence-corrected chi connectivity index (χ3v) is 3.36. The molecule has 5 nitrogen and oxygen atoms in total. The number of nitrogens with zero attached hydrogens (tertiary/aromatic N) is 2. The maximum absolute atomic E-state index is 12.1. The summed E-state index contributed by atoms with van der Waals surface area (Å²) in [5.74, 6) is -0.526. The van der Waals surface area contributed by atoms with E-state index in [1.165, 1.54) is 4.90 Å². The lowest BCUT2D eigenvalue weighted by Gasteiger charge is -2.17. The van der Waals surface area contributed by atoms with E-state index in [1.807, 2.05) is 6.92 Å². The number of nitriles is 1. The molecule has 1 atom stereocenters. The third kappa shape index (κ3) is 2.80. The SMILES string of the molecule is CCCNC(=O)C1CC(=O)N(c2ccccc2C#N)C1. The lowest BCUT2D eigenvalue weighted by atomic mass is 10.1. The zero-order valence-electron chi connectivity index (χ0n) is 11.4. The second-order valence-electron chi connectivity index (χ2n) is 4.83. The number of amides is 2. The van der Waals surface area contributed by atoms with Gasteiger partial charge in [0.2, 0.25) is 11.8 Å². The van der Waals surface area contributed by atoms with E-state index in [1.54, 1.807) is 24.3 Å². The molecule has 0 saturated carbocycles. The van der Waals surface area contributed by atoms with E-state index >= 15 is 0 Å². The van der Waals surface area contributed by atoms with Gasteiger partial charge in [-0.15, -0.1) is 0 Å². The second-order valence-corrected chi connectivity index (χ2v) is 4.83. The molecule has 20 heavy (non-hydrogen) atoms. The first-order chi connectivity index (χ1) is 9.67. The van der Waals surface area contributed by atoms with Crippen molar-refractivity contribution in [1.29, 1.82) is 5.26 Å². The Kier molecular flexibility index (Phi) is 4.36. The highest BCUT2D eigenvalue weighted by molar-refractivity contribution is 6.01. The van der Waals surface area contributed by atoms with Crippen molar-refractivity contribution in [1.82, 2.24) is 5.32 Å². The van der Waals surface area contributed by atoms with Crippen molar-refractivity contribution >= 4 is 17.5 Å². The molecule has 1 heterocycles. The van der Waals surface area contributed by atoms with Crippen molar-refractivity contribution < 1.29 is 9.59 Å². The summed E-state index contributed by atoms with van der Waals surface area (Å²) in [6.07, 6.45) is 1.07. The number of hydrogen-bond acceptors (Lipinski definition) is 3. The molecule has 5 heteroatoms. The van der Waals surface area contributed by atoms with Crippen LogP contribution in [0.2, 0.25) is 0 Å². The molecular weight excluding hydrogens is 254 g/mol. The van der Waals surface area contributed by atoms with Gasteiger partial charge >= 0.3 is 0 Å². The van der Waals surface area contributed by atoms with Crippen LogP contribution in [0, 0.1) is 17.2 Å².